The van der Waals surface area contributed by atoms with Crippen LogP contribution in [0.1, 0.15) is 50.6 Å². The molecule has 3 fully saturated rings. The molecule has 4 rings (SSSR count). The Kier molecular flexibility index (Phi) is 4.78. The molecule has 0 aromatic carbocycles. The van der Waals surface area contributed by atoms with E-state index in [2.05, 4.69) is 9.88 Å². The Morgan fingerprint density at radius 1 is 1.35 bits per heavy atom. The third kappa shape index (κ3) is 3.27. The minimum Gasteiger partial charge on any atom is -0.506 e. The highest BCUT2D eigenvalue weighted by Crippen LogP contribution is 2.51. The van der Waals surface area contributed by atoms with Crippen molar-refractivity contribution in [3.8, 4) is 5.75 Å². The summed E-state index contributed by atoms with van der Waals surface area (Å²) in [5, 5.41) is 10.0. The van der Waals surface area contributed by atoms with Crippen molar-refractivity contribution in [1.29, 1.82) is 0 Å². The average Bonchev–Trinajstić information content (AvgIpc) is 3.07. The fourth-order valence-corrected chi connectivity index (χ4v) is 5.10. The number of nitrogens with zero attached hydrogens (tertiary/aromatic N) is 3. The van der Waals surface area contributed by atoms with E-state index in [1.54, 1.807) is 18.3 Å². The smallest absolute Gasteiger partial charge is 0.409 e. The molecule has 1 saturated carbocycles. The van der Waals surface area contributed by atoms with Crippen molar-refractivity contribution in [1.82, 2.24) is 14.8 Å². The molecule has 3 aliphatic rings. The summed E-state index contributed by atoms with van der Waals surface area (Å²) in [6.07, 6.45) is 7.24. The summed E-state index contributed by atoms with van der Waals surface area (Å²) in [7, 11) is 0. The van der Waals surface area contributed by atoms with Gasteiger partial charge in [0.15, 0.2) is 0 Å². The Morgan fingerprint density at radius 3 is 2.81 bits per heavy atom. The zero-order valence-corrected chi connectivity index (χ0v) is 15.6. The van der Waals surface area contributed by atoms with Gasteiger partial charge in [0.2, 0.25) is 0 Å². The number of hydrogen-bond acceptors (Lipinski definition) is 5. The van der Waals surface area contributed by atoms with Gasteiger partial charge in [-0.05, 0) is 69.7 Å². The third-order valence-electron chi connectivity index (χ3n) is 6.55. The highest BCUT2D eigenvalue weighted by Gasteiger charge is 2.51. The van der Waals surface area contributed by atoms with Crippen molar-refractivity contribution in [2.45, 2.75) is 51.0 Å². The summed E-state index contributed by atoms with van der Waals surface area (Å²) < 4.78 is 5.14. The lowest BCUT2D eigenvalue weighted by Crippen LogP contribution is -2.54. The van der Waals surface area contributed by atoms with Gasteiger partial charge >= 0.3 is 6.09 Å². The van der Waals surface area contributed by atoms with Crippen LogP contribution in [0.15, 0.2) is 18.3 Å². The van der Waals surface area contributed by atoms with Gasteiger partial charge in [-0.3, -0.25) is 4.98 Å². The average molecular weight is 359 g/mol. The first-order valence-corrected chi connectivity index (χ1v) is 9.90. The predicted molar refractivity (Wildman–Crippen MR) is 98.1 cm³/mol. The van der Waals surface area contributed by atoms with Gasteiger partial charge in [0.1, 0.15) is 5.75 Å². The molecular formula is C20H29N3O3. The van der Waals surface area contributed by atoms with Gasteiger partial charge in [0, 0.05) is 31.2 Å². The van der Waals surface area contributed by atoms with Crippen molar-refractivity contribution in [3.05, 3.63) is 24.0 Å². The van der Waals surface area contributed by atoms with Gasteiger partial charge in [0.25, 0.3) is 0 Å². The number of pyridine rings is 1. The van der Waals surface area contributed by atoms with E-state index in [-0.39, 0.29) is 6.09 Å². The van der Waals surface area contributed by atoms with Crippen LogP contribution in [0.3, 0.4) is 0 Å². The molecule has 2 saturated heterocycles. The van der Waals surface area contributed by atoms with E-state index >= 15 is 0 Å². The number of ether oxygens (including phenoxy) is 1. The standard InChI is InChI=1S/C20H29N3O3/c1-2-26-19(25)23-11-7-20(14-23)12-16(13-20)22-9-5-15(6-10-22)18-17(24)4-3-8-21-18/h3-4,8,15-16,24H,2,5-7,9-14H2,1H3. The van der Waals surface area contributed by atoms with Gasteiger partial charge in [0.05, 0.1) is 12.3 Å². The molecule has 6 heteroatoms. The maximum Gasteiger partial charge on any atom is 0.409 e. The van der Waals surface area contributed by atoms with Gasteiger partial charge in [-0.2, -0.15) is 0 Å². The number of rotatable bonds is 3. The molecule has 6 nitrogen and oxygen atoms in total. The van der Waals surface area contributed by atoms with Gasteiger partial charge < -0.3 is 19.6 Å². The molecule has 1 aromatic heterocycles. The number of piperidine rings is 1. The zero-order valence-electron chi connectivity index (χ0n) is 15.6. The largest absolute Gasteiger partial charge is 0.506 e. The normalized spacial score (nSPS) is 29.7. The molecular weight excluding hydrogens is 330 g/mol. The van der Waals surface area contributed by atoms with Crippen LogP contribution in [0.2, 0.25) is 0 Å². The first-order chi connectivity index (χ1) is 12.6. The quantitative estimate of drug-likeness (QED) is 0.899. The highest BCUT2D eigenvalue weighted by atomic mass is 16.6. The maximum atomic E-state index is 11.9. The molecule has 142 valence electrons. The summed E-state index contributed by atoms with van der Waals surface area (Å²) in [5.74, 6) is 0.700. The van der Waals surface area contributed by atoms with Gasteiger partial charge in [-0.15, -0.1) is 0 Å². The minimum atomic E-state index is -0.149. The molecule has 0 radical (unpaired) electrons. The topological polar surface area (TPSA) is 65.9 Å². The molecule has 0 atom stereocenters. The highest BCUT2D eigenvalue weighted by molar-refractivity contribution is 5.68. The predicted octanol–water partition coefficient (Wildman–Crippen LogP) is 2.98. The Hall–Kier alpha value is -1.82. The number of hydrogen-bond donors (Lipinski definition) is 1. The van der Waals surface area contributed by atoms with E-state index in [1.807, 2.05) is 11.8 Å². The van der Waals surface area contributed by atoms with E-state index in [4.69, 9.17) is 4.74 Å². The SMILES string of the molecule is CCOC(=O)N1CCC2(CC(N3CCC(c4ncccc4O)CC3)C2)C1. The molecule has 1 aromatic rings. The summed E-state index contributed by atoms with van der Waals surface area (Å²) >= 11 is 0. The molecule has 26 heavy (non-hydrogen) atoms. The van der Waals surface area contributed by atoms with Crippen LogP contribution in [-0.2, 0) is 4.74 Å². The number of likely N-dealkylation sites (tertiary alicyclic amines) is 2. The summed E-state index contributed by atoms with van der Waals surface area (Å²) in [6.45, 7) is 6.16. The molecule has 0 unspecified atom stereocenters. The van der Waals surface area contributed by atoms with Crippen LogP contribution in [0.5, 0.6) is 5.75 Å². The van der Waals surface area contributed by atoms with Crippen molar-refractivity contribution in [2.24, 2.45) is 5.41 Å². The number of carbonyl (C=O) groups is 1. The number of aromatic nitrogens is 1. The lowest BCUT2D eigenvalue weighted by molar-refractivity contribution is -0.00497. The van der Waals surface area contributed by atoms with Crippen molar-refractivity contribution >= 4 is 6.09 Å². The van der Waals surface area contributed by atoms with Crippen molar-refractivity contribution in [2.75, 3.05) is 32.8 Å². The first-order valence-electron chi connectivity index (χ1n) is 9.90. The fourth-order valence-electron chi connectivity index (χ4n) is 5.10. The molecule has 1 amide bonds. The van der Waals surface area contributed by atoms with Crippen LogP contribution < -0.4 is 0 Å². The molecule has 2 aliphatic heterocycles. The van der Waals surface area contributed by atoms with Crippen molar-refractivity contribution < 1.29 is 14.6 Å². The summed E-state index contributed by atoms with van der Waals surface area (Å²) in [5.41, 5.74) is 1.19. The maximum absolute atomic E-state index is 11.9. The van der Waals surface area contributed by atoms with Crippen LogP contribution in [0.25, 0.3) is 0 Å². The third-order valence-corrected chi connectivity index (χ3v) is 6.55. The van der Waals surface area contributed by atoms with E-state index in [0.717, 1.165) is 51.1 Å². The Balaban J connectivity index is 1.26. The van der Waals surface area contributed by atoms with Crippen molar-refractivity contribution in [3.63, 3.8) is 0 Å². The molecule has 1 aliphatic carbocycles. The second kappa shape index (κ2) is 7.06. The van der Waals surface area contributed by atoms with Crippen LogP contribution >= 0.6 is 0 Å². The van der Waals surface area contributed by atoms with Crippen LogP contribution in [-0.4, -0.2) is 64.8 Å². The minimum absolute atomic E-state index is 0.149. The molecule has 3 heterocycles. The van der Waals surface area contributed by atoms with Gasteiger partial charge in [-0.1, -0.05) is 0 Å². The second-order valence-corrected chi connectivity index (χ2v) is 8.15. The van der Waals surface area contributed by atoms with E-state index in [1.165, 1.54) is 12.8 Å². The number of amides is 1. The zero-order chi connectivity index (χ0) is 18.1. The Labute approximate surface area is 155 Å². The lowest BCUT2D eigenvalue weighted by Gasteiger charge is -2.51. The monoisotopic (exact) mass is 359 g/mol. The first kappa shape index (κ1) is 17.6. The molecule has 1 spiro atoms. The van der Waals surface area contributed by atoms with Crippen LogP contribution in [0, 0.1) is 5.41 Å². The van der Waals surface area contributed by atoms with E-state index < -0.39 is 0 Å². The summed E-state index contributed by atoms with van der Waals surface area (Å²) in [4.78, 5) is 20.8. The van der Waals surface area contributed by atoms with E-state index in [0.29, 0.717) is 29.7 Å². The fraction of sp³-hybridized carbons (Fsp3) is 0.700. The molecule has 0 bridgehead atoms. The van der Waals surface area contributed by atoms with E-state index in [9.17, 15) is 9.90 Å². The lowest BCUT2D eigenvalue weighted by atomic mass is 9.64. The second-order valence-electron chi connectivity index (χ2n) is 8.15. The Morgan fingerprint density at radius 2 is 2.12 bits per heavy atom. The number of carbonyl (C=O) groups excluding carboxylic acids is 1. The van der Waals surface area contributed by atoms with Gasteiger partial charge in [-0.25, -0.2) is 4.79 Å². The van der Waals surface area contributed by atoms with Crippen LogP contribution in [0.4, 0.5) is 4.79 Å². The Bertz CT molecular complexity index is 651. The molecule has 1 N–H and O–H groups in total. The number of aromatic hydroxyl groups is 1. The summed E-state index contributed by atoms with van der Waals surface area (Å²) in [6, 6.07) is 4.17.